The van der Waals surface area contributed by atoms with Crippen molar-refractivity contribution < 1.29 is 27.4 Å². The van der Waals surface area contributed by atoms with Crippen LogP contribution in [0.3, 0.4) is 0 Å². The minimum Gasteiger partial charge on any atom is -0.494 e. The van der Waals surface area contributed by atoms with Gasteiger partial charge in [-0.15, -0.1) is 0 Å². The molecule has 1 unspecified atom stereocenters. The van der Waals surface area contributed by atoms with E-state index in [2.05, 4.69) is 0 Å². The zero-order valence-electron chi connectivity index (χ0n) is 19.3. The number of carbonyl (C=O) groups excluding carboxylic acids is 1. The van der Waals surface area contributed by atoms with Crippen molar-refractivity contribution in [3.8, 4) is 5.75 Å². The Morgan fingerprint density at radius 1 is 0.971 bits per heavy atom. The molecular weight excluding hydrogens is 479 g/mol. The van der Waals surface area contributed by atoms with Crippen LogP contribution in [0, 0.1) is 0 Å². The molecule has 0 amide bonds. The number of halogens is 4. The number of carbonyl (C=O) groups is 1. The molecule has 0 fully saturated rings. The maximum Gasteiger partial charge on any atom is 0.417 e. The monoisotopic (exact) mass is 505 g/mol. The van der Waals surface area contributed by atoms with E-state index in [0.29, 0.717) is 25.1 Å². The number of ether oxygens (including phenoxy) is 2. The average Bonchev–Trinajstić information content (AvgIpc) is 2.82. The minimum atomic E-state index is -4.55. The van der Waals surface area contributed by atoms with Crippen molar-refractivity contribution in [1.29, 1.82) is 0 Å². The van der Waals surface area contributed by atoms with Crippen molar-refractivity contribution in [3.05, 3.63) is 101 Å². The van der Waals surface area contributed by atoms with Gasteiger partial charge in [0.25, 0.3) is 0 Å². The number of alkyl halides is 3. The Hall–Kier alpha value is -3.03. The molecule has 0 spiro atoms. The maximum atomic E-state index is 13.4. The summed E-state index contributed by atoms with van der Waals surface area (Å²) in [6.07, 6.45) is -4.54. The van der Waals surface area contributed by atoms with E-state index < -0.39 is 23.8 Å². The number of esters is 1. The van der Waals surface area contributed by atoms with Gasteiger partial charge in [-0.3, -0.25) is 9.69 Å². The van der Waals surface area contributed by atoms with Gasteiger partial charge < -0.3 is 9.47 Å². The van der Waals surface area contributed by atoms with E-state index in [4.69, 9.17) is 21.1 Å². The first-order valence-corrected chi connectivity index (χ1v) is 11.6. The summed E-state index contributed by atoms with van der Waals surface area (Å²) >= 11 is 6.16. The van der Waals surface area contributed by atoms with Gasteiger partial charge >= 0.3 is 12.1 Å². The van der Waals surface area contributed by atoms with Crippen molar-refractivity contribution in [2.24, 2.45) is 0 Å². The van der Waals surface area contributed by atoms with Gasteiger partial charge in [-0.1, -0.05) is 72.3 Å². The predicted molar refractivity (Wildman–Crippen MR) is 129 cm³/mol. The van der Waals surface area contributed by atoms with Crippen molar-refractivity contribution in [2.75, 3.05) is 19.7 Å². The predicted octanol–water partition coefficient (Wildman–Crippen LogP) is 6.93. The van der Waals surface area contributed by atoms with Gasteiger partial charge in [0.1, 0.15) is 11.9 Å². The van der Waals surface area contributed by atoms with Crippen LogP contribution in [-0.2, 0) is 22.3 Å². The largest absolute Gasteiger partial charge is 0.494 e. The summed E-state index contributed by atoms with van der Waals surface area (Å²) in [5.41, 5.74) is 0.270. The molecule has 4 nitrogen and oxygen atoms in total. The van der Waals surface area contributed by atoms with Gasteiger partial charge in [0.2, 0.25) is 0 Å². The molecule has 0 N–H and O–H groups in total. The van der Waals surface area contributed by atoms with Crippen molar-refractivity contribution >= 4 is 17.6 Å². The molecule has 0 bridgehead atoms. The van der Waals surface area contributed by atoms with E-state index in [1.807, 2.05) is 65.6 Å². The molecule has 0 aromatic heterocycles. The molecule has 186 valence electrons. The van der Waals surface area contributed by atoms with Crippen LogP contribution in [0.1, 0.15) is 36.1 Å². The smallest absolute Gasteiger partial charge is 0.417 e. The van der Waals surface area contributed by atoms with Gasteiger partial charge in [0, 0.05) is 26.6 Å². The highest BCUT2D eigenvalue weighted by atomic mass is 35.5. The summed E-state index contributed by atoms with van der Waals surface area (Å²) in [6.45, 7) is 2.67. The maximum absolute atomic E-state index is 13.4. The lowest BCUT2D eigenvalue weighted by atomic mass is 10.1. The van der Waals surface area contributed by atoms with Crippen LogP contribution in [0.15, 0.2) is 78.9 Å². The standard InChI is InChI=1S/C27H27ClF3NO3/c1-20(33)35-25(21-10-4-2-5-11-21)19-32(16-9-17-34-23-13-6-3-7-14-23)18-22-12-8-15-24(26(22)28)27(29,30)31/h2-8,10-15,25H,9,16-19H2,1H3. The first-order chi connectivity index (χ1) is 16.7. The van der Waals surface area contributed by atoms with Gasteiger partial charge in [0.05, 0.1) is 17.2 Å². The van der Waals surface area contributed by atoms with Crippen LogP contribution in [0.2, 0.25) is 5.02 Å². The SMILES string of the molecule is CC(=O)OC(CN(CCCOc1ccccc1)Cc1cccc(C(F)(F)F)c1Cl)c1ccccc1. The van der Waals surface area contributed by atoms with E-state index in [9.17, 15) is 18.0 Å². The van der Waals surface area contributed by atoms with Crippen LogP contribution < -0.4 is 4.74 Å². The van der Waals surface area contributed by atoms with Crippen LogP contribution in [0.25, 0.3) is 0 Å². The molecule has 3 aromatic rings. The average molecular weight is 506 g/mol. The zero-order valence-corrected chi connectivity index (χ0v) is 20.1. The molecule has 0 aliphatic carbocycles. The van der Waals surface area contributed by atoms with Gasteiger partial charge in [-0.25, -0.2) is 0 Å². The quantitative estimate of drug-likeness (QED) is 0.209. The molecular formula is C27H27ClF3NO3. The summed E-state index contributed by atoms with van der Waals surface area (Å²) in [5, 5.41) is -0.325. The molecule has 0 saturated heterocycles. The Bertz CT molecular complexity index is 1080. The fourth-order valence-electron chi connectivity index (χ4n) is 3.70. The summed E-state index contributed by atoms with van der Waals surface area (Å²) in [4.78, 5) is 13.7. The molecule has 1 atom stereocenters. The van der Waals surface area contributed by atoms with E-state index in [0.717, 1.165) is 17.4 Å². The molecule has 0 saturated carbocycles. The van der Waals surface area contributed by atoms with E-state index in [1.165, 1.54) is 13.0 Å². The summed E-state index contributed by atoms with van der Waals surface area (Å²) in [5.74, 6) is 0.297. The van der Waals surface area contributed by atoms with Crippen molar-refractivity contribution in [2.45, 2.75) is 32.2 Å². The summed E-state index contributed by atoms with van der Waals surface area (Å²) in [7, 11) is 0. The Balaban J connectivity index is 1.78. The highest BCUT2D eigenvalue weighted by Gasteiger charge is 2.34. The molecule has 0 aliphatic rings. The lowest BCUT2D eigenvalue weighted by Crippen LogP contribution is -2.32. The second kappa shape index (κ2) is 12.6. The third kappa shape index (κ3) is 8.30. The van der Waals surface area contributed by atoms with E-state index in [-0.39, 0.29) is 18.1 Å². The molecule has 0 heterocycles. The van der Waals surface area contributed by atoms with Gasteiger partial charge in [0.15, 0.2) is 0 Å². The van der Waals surface area contributed by atoms with Crippen molar-refractivity contribution in [1.82, 2.24) is 4.90 Å². The first kappa shape index (κ1) is 26.6. The Kier molecular flexibility index (Phi) is 9.57. The second-order valence-corrected chi connectivity index (χ2v) is 8.41. The van der Waals surface area contributed by atoms with Crippen LogP contribution in [-0.4, -0.2) is 30.6 Å². The second-order valence-electron chi connectivity index (χ2n) is 8.04. The summed E-state index contributed by atoms with van der Waals surface area (Å²) in [6, 6.07) is 22.5. The number of nitrogens with zero attached hydrogens (tertiary/aromatic N) is 1. The fraction of sp³-hybridized carbons (Fsp3) is 0.296. The number of hydrogen-bond donors (Lipinski definition) is 0. The molecule has 0 aliphatic heterocycles. The van der Waals surface area contributed by atoms with Crippen LogP contribution in [0.5, 0.6) is 5.75 Å². The van der Waals surface area contributed by atoms with Crippen LogP contribution in [0.4, 0.5) is 13.2 Å². The number of para-hydroxylation sites is 1. The minimum absolute atomic E-state index is 0.151. The number of benzene rings is 3. The molecule has 0 radical (unpaired) electrons. The third-order valence-corrected chi connectivity index (χ3v) is 5.76. The Morgan fingerprint density at radius 3 is 2.26 bits per heavy atom. The molecule has 3 aromatic carbocycles. The topological polar surface area (TPSA) is 38.8 Å². The van der Waals surface area contributed by atoms with Gasteiger partial charge in [-0.05, 0) is 35.7 Å². The Labute approximate surface area is 208 Å². The highest BCUT2D eigenvalue weighted by Crippen LogP contribution is 2.36. The first-order valence-electron chi connectivity index (χ1n) is 11.2. The highest BCUT2D eigenvalue weighted by molar-refractivity contribution is 6.32. The number of hydrogen-bond acceptors (Lipinski definition) is 4. The third-order valence-electron chi connectivity index (χ3n) is 5.31. The lowest BCUT2D eigenvalue weighted by molar-refractivity contribution is -0.148. The normalized spacial score (nSPS) is 12.4. The summed E-state index contributed by atoms with van der Waals surface area (Å²) < 4.78 is 51.5. The Morgan fingerprint density at radius 2 is 1.63 bits per heavy atom. The van der Waals surface area contributed by atoms with Gasteiger partial charge in [-0.2, -0.15) is 13.2 Å². The van der Waals surface area contributed by atoms with E-state index >= 15 is 0 Å². The molecule has 3 rings (SSSR count). The van der Waals surface area contributed by atoms with E-state index in [1.54, 1.807) is 6.07 Å². The lowest BCUT2D eigenvalue weighted by Gasteiger charge is -2.28. The molecule has 8 heteroatoms. The zero-order chi connectivity index (χ0) is 25.3. The van der Waals surface area contributed by atoms with Crippen LogP contribution >= 0.6 is 11.6 Å². The van der Waals surface area contributed by atoms with Crippen molar-refractivity contribution in [3.63, 3.8) is 0 Å². The fourth-order valence-corrected chi connectivity index (χ4v) is 4.00. The molecule has 35 heavy (non-hydrogen) atoms. The number of rotatable bonds is 11.